The summed E-state index contributed by atoms with van der Waals surface area (Å²) in [7, 11) is 0. The first-order valence-electron chi connectivity index (χ1n) is 6.10. The number of hydrogen-bond acceptors (Lipinski definition) is 3. The lowest BCUT2D eigenvalue weighted by atomic mass is 10.1. The maximum atomic E-state index is 11.1. The average Bonchev–Trinajstić information content (AvgIpc) is 2.57. The van der Waals surface area contributed by atoms with Crippen molar-refractivity contribution in [2.75, 3.05) is 18.5 Å². The zero-order chi connectivity index (χ0) is 13.0. The van der Waals surface area contributed by atoms with Crippen molar-refractivity contribution in [1.29, 1.82) is 0 Å². The smallest absolute Gasteiger partial charge is 0.250 e. The Hall–Kier alpha value is -1.26. The molecule has 18 heavy (non-hydrogen) atoms. The van der Waals surface area contributed by atoms with E-state index in [1.807, 2.05) is 6.07 Å². The third kappa shape index (κ3) is 3.37. The number of carbonyl (C=O) groups is 1. The zero-order valence-corrected chi connectivity index (χ0v) is 10.9. The van der Waals surface area contributed by atoms with Gasteiger partial charge < -0.3 is 15.8 Å². The summed E-state index contributed by atoms with van der Waals surface area (Å²) >= 11 is 6.01. The fourth-order valence-corrected chi connectivity index (χ4v) is 2.36. The van der Waals surface area contributed by atoms with Gasteiger partial charge in [0, 0.05) is 24.9 Å². The fourth-order valence-electron chi connectivity index (χ4n) is 2.09. The Morgan fingerprint density at radius 2 is 2.22 bits per heavy atom. The van der Waals surface area contributed by atoms with E-state index in [1.54, 1.807) is 12.1 Å². The number of nitrogens with two attached hydrogens (primary N) is 1. The standard InChI is InChI=1S/C13H17ClN2O2/c14-12-8-10(3-4-11(12)13(15)17)16-9-2-1-6-18-7-5-9/h3-4,8-9,16H,1-2,5-7H2,(H2,15,17). The lowest BCUT2D eigenvalue weighted by molar-refractivity contribution is 0.100. The van der Waals surface area contributed by atoms with Gasteiger partial charge in [-0.15, -0.1) is 0 Å². The second-order valence-electron chi connectivity index (χ2n) is 4.44. The minimum atomic E-state index is -0.505. The highest BCUT2D eigenvalue weighted by Crippen LogP contribution is 2.22. The maximum absolute atomic E-state index is 11.1. The Morgan fingerprint density at radius 1 is 1.39 bits per heavy atom. The van der Waals surface area contributed by atoms with Crippen LogP contribution < -0.4 is 11.1 Å². The highest BCUT2D eigenvalue weighted by Gasteiger charge is 2.13. The summed E-state index contributed by atoms with van der Waals surface area (Å²) in [5.74, 6) is -0.505. The molecule has 1 unspecified atom stereocenters. The maximum Gasteiger partial charge on any atom is 0.250 e. The van der Waals surface area contributed by atoms with E-state index in [4.69, 9.17) is 22.1 Å². The predicted molar refractivity (Wildman–Crippen MR) is 72.1 cm³/mol. The van der Waals surface area contributed by atoms with E-state index in [-0.39, 0.29) is 0 Å². The van der Waals surface area contributed by atoms with Crippen LogP contribution in [0, 0.1) is 0 Å². The normalized spacial score (nSPS) is 20.2. The first-order valence-corrected chi connectivity index (χ1v) is 6.48. The lowest BCUT2D eigenvalue weighted by Gasteiger charge is -2.17. The number of rotatable bonds is 3. The Kier molecular flexibility index (Phi) is 4.44. The van der Waals surface area contributed by atoms with Crippen molar-refractivity contribution < 1.29 is 9.53 Å². The molecule has 1 aromatic carbocycles. The fraction of sp³-hybridized carbons (Fsp3) is 0.462. The molecule has 1 amide bonds. The number of halogens is 1. The monoisotopic (exact) mass is 268 g/mol. The van der Waals surface area contributed by atoms with Gasteiger partial charge in [-0.2, -0.15) is 0 Å². The van der Waals surface area contributed by atoms with Crippen LogP contribution >= 0.6 is 11.6 Å². The van der Waals surface area contributed by atoms with Gasteiger partial charge in [-0.25, -0.2) is 0 Å². The van der Waals surface area contributed by atoms with E-state index in [0.29, 0.717) is 16.6 Å². The van der Waals surface area contributed by atoms with E-state index < -0.39 is 5.91 Å². The number of hydrogen-bond donors (Lipinski definition) is 2. The Morgan fingerprint density at radius 3 is 2.94 bits per heavy atom. The number of amides is 1. The second kappa shape index (κ2) is 6.07. The summed E-state index contributed by atoms with van der Waals surface area (Å²) in [4.78, 5) is 11.1. The SMILES string of the molecule is NC(=O)c1ccc(NC2CCCOCC2)cc1Cl. The molecule has 5 heteroatoms. The molecule has 1 aliphatic rings. The highest BCUT2D eigenvalue weighted by molar-refractivity contribution is 6.34. The van der Waals surface area contributed by atoms with Gasteiger partial charge in [0.25, 0.3) is 0 Å². The van der Waals surface area contributed by atoms with E-state index in [0.717, 1.165) is 38.2 Å². The summed E-state index contributed by atoms with van der Waals surface area (Å²) < 4.78 is 5.41. The number of benzene rings is 1. The average molecular weight is 269 g/mol. The van der Waals surface area contributed by atoms with Crippen molar-refractivity contribution in [3.05, 3.63) is 28.8 Å². The van der Waals surface area contributed by atoms with Gasteiger partial charge in [0.05, 0.1) is 10.6 Å². The molecule has 4 nitrogen and oxygen atoms in total. The van der Waals surface area contributed by atoms with Crippen molar-refractivity contribution in [3.8, 4) is 0 Å². The van der Waals surface area contributed by atoms with Crippen molar-refractivity contribution >= 4 is 23.2 Å². The van der Waals surface area contributed by atoms with Crippen molar-refractivity contribution in [2.24, 2.45) is 5.73 Å². The summed E-state index contributed by atoms with van der Waals surface area (Å²) in [6.07, 6.45) is 3.12. The molecule has 1 heterocycles. The second-order valence-corrected chi connectivity index (χ2v) is 4.85. The number of carbonyl (C=O) groups excluding carboxylic acids is 1. The quantitative estimate of drug-likeness (QED) is 0.885. The highest BCUT2D eigenvalue weighted by atomic mass is 35.5. The van der Waals surface area contributed by atoms with Crippen molar-refractivity contribution in [1.82, 2.24) is 0 Å². The van der Waals surface area contributed by atoms with Crippen molar-refractivity contribution in [3.63, 3.8) is 0 Å². The molecule has 0 aromatic heterocycles. The van der Waals surface area contributed by atoms with Gasteiger partial charge in [-0.05, 0) is 37.5 Å². The Balaban J connectivity index is 2.05. The summed E-state index contributed by atoms with van der Waals surface area (Å²) in [6.45, 7) is 1.62. The molecular formula is C13H17ClN2O2. The molecule has 0 bridgehead atoms. The zero-order valence-electron chi connectivity index (χ0n) is 10.1. The number of ether oxygens (including phenoxy) is 1. The van der Waals surface area contributed by atoms with Gasteiger partial charge in [-0.3, -0.25) is 4.79 Å². The van der Waals surface area contributed by atoms with Crippen LogP contribution in [0.5, 0.6) is 0 Å². The van der Waals surface area contributed by atoms with Gasteiger partial charge >= 0.3 is 0 Å². The molecule has 1 fully saturated rings. The largest absolute Gasteiger partial charge is 0.382 e. The van der Waals surface area contributed by atoms with Crippen LogP contribution in [0.2, 0.25) is 5.02 Å². The van der Waals surface area contributed by atoms with Gasteiger partial charge in [-0.1, -0.05) is 11.6 Å². The van der Waals surface area contributed by atoms with E-state index in [9.17, 15) is 4.79 Å². The van der Waals surface area contributed by atoms with Gasteiger partial charge in [0.1, 0.15) is 0 Å². The van der Waals surface area contributed by atoms with Gasteiger partial charge in [0.2, 0.25) is 5.91 Å². The molecule has 0 radical (unpaired) electrons. The first-order chi connectivity index (χ1) is 8.66. The van der Waals surface area contributed by atoms with Crippen LogP contribution in [0.1, 0.15) is 29.6 Å². The van der Waals surface area contributed by atoms with E-state index in [2.05, 4.69) is 5.32 Å². The van der Waals surface area contributed by atoms with Crippen LogP contribution in [0.15, 0.2) is 18.2 Å². The molecule has 1 saturated heterocycles. The summed E-state index contributed by atoms with van der Waals surface area (Å²) in [5, 5.41) is 3.80. The summed E-state index contributed by atoms with van der Waals surface area (Å²) in [6, 6.07) is 5.62. The molecule has 98 valence electrons. The number of primary amides is 1. The van der Waals surface area contributed by atoms with Crippen LogP contribution in [-0.2, 0) is 4.74 Å². The molecule has 1 aliphatic heterocycles. The molecule has 0 aliphatic carbocycles. The molecule has 0 saturated carbocycles. The minimum Gasteiger partial charge on any atom is -0.382 e. The molecule has 0 spiro atoms. The molecule has 1 aromatic rings. The van der Waals surface area contributed by atoms with E-state index in [1.165, 1.54) is 0 Å². The molecule has 1 atom stereocenters. The Labute approximate surface area is 111 Å². The van der Waals surface area contributed by atoms with Crippen LogP contribution in [0.4, 0.5) is 5.69 Å². The minimum absolute atomic E-state index is 0.353. The Bertz CT molecular complexity index is 429. The number of anilines is 1. The van der Waals surface area contributed by atoms with Crippen molar-refractivity contribution in [2.45, 2.75) is 25.3 Å². The lowest BCUT2D eigenvalue weighted by Crippen LogP contribution is -2.19. The summed E-state index contributed by atoms with van der Waals surface area (Å²) in [5.41, 5.74) is 6.48. The first kappa shape index (κ1) is 13.2. The van der Waals surface area contributed by atoms with Crippen LogP contribution in [0.3, 0.4) is 0 Å². The molecular weight excluding hydrogens is 252 g/mol. The molecule has 3 N–H and O–H groups in total. The third-order valence-corrected chi connectivity index (χ3v) is 3.37. The van der Waals surface area contributed by atoms with E-state index >= 15 is 0 Å². The number of nitrogens with one attached hydrogen (secondary N) is 1. The molecule has 2 rings (SSSR count). The third-order valence-electron chi connectivity index (χ3n) is 3.06. The predicted octanol–water partition coefficient (Wildman–Crippen LogP) is 2.42. The topological polar surface area (TPSA) is 64.4 Å². The van der Waals surface area contributed by atoms with Crippen LogP contribution in [0.25, 0.3) is 0 Å². The van der Waals surface area contributed by atoms with Gasteiger partial charge in [0.15, 0.2) is 0 Å². The van der Waals surface area contributed by atoms with Crippen LogP contribution in [-0.4, -0.2) is 25.2 Å².